The minimum Gasteiger partial charge on any atom is -0.337 e. The third-order valence-electron chi connectivity index (χ3n) is 4.18. The van der Waals surface area contributed by atoms with E-state index in [9.17, 15) is 4.79 Å². The lowest BCUT2D eigenvalue weighted by Crippen LogP contribution is -2.30. The average Bonchev–Trinajstić information content (AvgIpc) is 2.98. The fourth-order valence-electron chi connectivity index (χ4n) is 3.17. The fraction of sp³-hybridized carbons (Fsp3) is 0.562. The molecule has 0 N–H and O–H groups in total. The van der Waals surface area contributed by atoms with Crippen molar-refractivity contribution in [3.63, 3.8) is 0 Å². The molecule has 0 atom stereocenters. The van der Waals surface area contributed by atoms with E-state index in [2.05, 4.69) is 31.9 Å². The number of carbonyl (C=O) groups is 1. The van der Waals surface area contributed by atoms with Gasteiger partial charge in [0.2, 0.25) is 0 Å². The van der Waals surface area contributed by atoms with Crippen molar-refractivity contribution in [3.05, 3.63) is 35.2 Å². The number of hydrogen-bond acceptors (Lipinski definition) is 1. The molecule has 1 fully saturated rings. The molecular formula is C16H24N2O. The SMILES string of the molecule is C=CCn1c(C)c(CC)c(C)c1C(=O)N1CCCC1. The molecular weight excluding hydrogens is 236 g/mol. The maximum absolute atomic E-state index is 12.7. The molecule has 1 saturated heterocycles. The number of likely N-dealkylation sites (tertiary alicyclic amines) is 1. The summed E-state index contributed by atoms with van der Waals surface area (Å²) in [4.78, 5) is 14.7. The zero-order valence-corrected chi connectivity index (χ0v) is 12.3. The first kappa shape index (κ1) is 13.9. The van der Waals surface area contributed by atoms with E-state index in [0.29, 0.717) is 6.54 Å². The Bertz CT molecular complexity index is 493. The highest BCUT2D eigenvalue weighted by atomic mass is 16.2. The summed E-state index contributed by atoms with van der Waals surface area (Å²) in [5.74, 6) is 0.194. The molecule has 1 aromatic heterocycles. The Balaban J connectivity index is 2.47. The van der Waals surface area contributed by atoms with Crippen molar-refractivity contribution < 1.29 is 4.79 Å². The topological polar surface area (TPSA) is 25.2 Å². The molecule has 3 nitrogen and oxygen atoms in total. The smallest absolute Gasteiger partial charge is 0.270 e. The summed E-state index contributed by atoms with van der Waals surface area (Å²) in [6.45, 7) is 12.7. The van der Waals surface area contributed by atoms with Crippen molar-refractivity contribution in [2.24, 2.45) is 0 Å². The van der Waals surface area contributed by atoms with E-state index in [1.807, 2.05) is 11.0 Å². The number of allylic oxidation sites excluding steroid dienone is 1. The quantitative estimate of drug-likeness (QED) is 0.764. The molecule has 0 radical (unpaired) electrons. The highest BCUT2D eigenvalue weighted by Crippen LogP contribution is 2.25. The molecule has 19 heavy (non-hydrogen) atoms. The number of carbonyl (C=O) groups excluding carboxylic acids is 1. The molecule has 2 rings (SSSR count). The Labute approximate surface area is 115 Å². The lowest BCUT2D eigenvalue weighted by molar-refractivity contribution is 0.0781. The molecule has 0 spiro atoms. The van der Waals surface area contributed by atoms with Gasteiger partial charge in [-0.1, -0.05) is 13.0 Å². The van der Waals surface area contributed by atoms with Crippen LogP contribution in [0, 0.1) is 13.8 Å². The summed E-state index contributed by atoms with van der Waals surface area (Å²) < 4.78 is 2.13. The monoisotopic (exact) mass is 260 g/mol. The van der Waals surface area contributed by atoms with Gasteiger partial charge < -0.3 is 9.47 Å². The van der Waals surface area contributed by atoms with E-state index in [-0.39, 0.29) is 5.91 Å². The van der Waals surface area contributed by atoms with Crippen molar-refractivity contribution >= 4 is 5.91 Å². The molecule has 1 amide bonds. The first-order chi connectivity index (χ1) is 9.11. The molecule has 0 aliphatic carbocycles. The first-order valence-electron chi connectivity index (χ1n) is 7.20. The van der Waals surface area contributed by atoms with Crippen LogP contribution in [0.4, 0.5) is 0 Å². The number of aromatic nitrogens is 1. The predicted molar refractivity (Wildman–Crippen MR) is 78.6 cm³/mol. The van der Waals surface area contributed by atoms with Crippen LogP contribution in [0.3, 0.4) is 0 Å². The van der Waals surface area contributed by atoms with E-state index in [4.69, 9.17) is 0 Å². The maximum atomic E-state index is 12.7. The summed E-state index contributed by atoms with van der Waals surface area (Å²) in [6.07, 6.45) is 5.11. The maximum Gasteiger partial charge on any atom is 0.270 e. The zero-order chi connectivity index (χ0) is 14.0. The normalized spacial score (nSPS) is 15.0. The molecule has 0 saturated carbocycles. The van der Waals surface area contributed by atoms with Crippen LogP contribution >= 0.6 is 0 Å². The van der Waals surface area contributed by atoms with E-state index in [0.717, 1.165) is 43.6 Å². The van der Waals surface area contributed by atoms with Crippen LogP contribution in [-0.4, -0.2) is 28.5 Å². The summed E-state index contributed by atoms with van der Waals surface area (Å²) in [7, 11) is 0. The minimum absolute atomic E-state index is 0.194. The molecule has 1 aliphatic rings. The van der Waals surface area contributed by atoms with Crippen LogP contribution in [0.2, 0.25) is 0 Å². The summed E-state index contributed by atoms with van der Waals surface area (Å²) >= 11 is 0. The van der Waals surface area contributed by atoms with Crippen LogP contribution < -0.4 is 0 Å². The van der Waals surface area contributed by atoms with Crippen LogP contribution in [0.25, 0.3) is 0 Å². The summed E-state index contributed by atoms with van der Waals surface area (Å²) in [6, 6.07) is 0. The number of nitrogens with zero attached hydrogens (tertiary/aromatic N) is 2. The van der Waals surface area contributed by atoms with E-state index in [1.165, 1.54) is 11.3 Å². The molecule has 0 unspecified atom stereocenters. The summed E-state index contributed by atoms with van der Waals surface area (Å²) in [5.41, 5.74) is 4.54. The Kier molecular flexibility index (Phi) is 4.13. The van der Waals surface area contributed by atoms with Gasteiger partial charge in [0, 0.05) is 25.3 Å². The van der Waals surface area contributed by atoms with E-state index >= 15 is 0 Å². The zero-order valence-electron chi connectivity index (χ0n) is 12.3. The largest absolute Gasteiger partial charge is 0.337 e. The number of rotatable bonds is 4. The summed E-state index contributed by atoms with van der Waals surface area (Å²) in [5, 5.41) is 0. The van der Waals surface area contributed by atoms with Crippen LogP contribution in [0.5, 0.6) is 0 Å². The second kappa shape index (κ2) is 5.64. The lowest BCUT2D eigenvalue weighted by atomic mass is 10.1. The predicted octanol–water partition coefficient (Wildman–Crippen LogP) is 3.09. The fourth-order valence-corrected chi connectivity index (χ4v) is 3.17. The van der Waals surface area contributed by atoms with Crippen LogP contribution in [0.1, 0.15) is 47.1 Å². The second-order valence-electron chi connectivity index (χ2n) is 5.29. The van der Waals surface area contributed by atoms with Gasteiger partial charge >= 0.3 is 0 Å². The van der Waals surface area contributed by atoms with Crippen molar-refractivity contribution in [3.8, 4) is 0 Å². The molecule has 104 valence electrons. The van der Waals surface area contributed by atoms with Crippen LogP contribution in [0.15, 0.2) is 12.7 Å². The van der Waals surface area contributed by atoms with Crippen molar-refractivity contribution in [1.82, 2.24) is 9.47 Å². The van der Waals surface area contributed by atoms with Gasteiger partial charge in [-0.25, -0.2) is 0 Å². The highest BCUT2D eigenvalue weighted by Gasteiger charge is 2.26. The minimum atomic E-state index is 0.194. The van der Waals surface area contributed by atoms with Gasteiger partial charge in [0.25, 0.3) is 5.91 Å². The number of amides is 1. The third kappa shape index (κ3) is 2.34. The van der Waals surface area contributed by atoms with E-state index < -0.39 is 0 Å². The Morgan fingerprint density at radius 1 is 1.32 bits per heavy atom. The molecule has 2 heterocycles. The van der Waals surface area contributed by atoms with Gasteiger partial charge in [0.05, 0.1) is 0 Å². The molecule has 0 bridgehead atoms. The first-order valence-corrected chi connectivity index (χ1v) is 7.20. The Morgan fingerprint density at radius 2 is 1.95 bits per heavy atom. The van der Waals surface area contributed by atoms with Gasteiger partial charge in [-0.05, 0) is 44.2 Å². The van der Waals surface area contributed by atoms with Gasteiger partial charge in [-0.15, -0.1) is 6.58 Å². The van der Waals surface area contributed by atoms with Crippen LogP contribution in [-0.2, 0) is 13.0 Å². The molecule has 3 heteroatoms. The van der Waals surface area contributed by atoms with Crippen molar-refractivity contribution in [1.29, 1.82) is 0 Å². The molecule has 0 aromatic carbocycles. The van der Waals surface area contributed by atoms with Crippen molar-refractivity contribution in [2.45, 2.75) is 46.6 Å². The number of hydrogen-bond donors (Lipinski definition) is 0. The Morgan fingerprint density at radius 3 is 2.47 bits per heavy atom. The Hall–Kier alpha value is -1.51. The van der Waals surface area contributed by atoms with Gasteiger partial charge in [0.15, 0.2) is 0 Å². The second-order valence-corrected chi connectivity index (χ2v) is 5.29. The average molecular weight is 260 g/mol. The molecule has 1 aliphatic heterocycles. The van der Waals surface area contributed by atoms with Gasteiger partial charge in [-0.2, -0.15) is 0 Å². The molecule has 1 aromatic rings. The highest BCUT2D eigenvalue weighted by molar-refractivity contribution is 5.95. The van der Waals surface area contributed by atoms with Crippen molar-refractivity contribution in [2.75, 3.05) is 13.1 Å². The standard InChI is InChI=1S/C16H24N2O/c1-5-9-18-13(4)14(6-2)12(3)15(18)16(19)17-10-7-8-11-17/h5H,1,6-11H2,2-4H3. The third-order valence-corrected chi connectivity index (χ3v) is 4.18. The van der Waals surface area contributed by atoms with E-state index in [1.54, 1.807) is 0 Å². The van der Waals surface area contributed by atoms with Gasteiger partial charge in [-0.3, -0.25) is 4.79 Å². The van der Waals surface area contributed by atoms with Gasteiger partial charge in [0.1, 0.15) is 5.69 Å². The lowest BCUT2D eigenvalue weighted by Gasteiger charge is -2.18.